The number of aromatic nitrogens is 3. The molecule has 0 radical (unpaired) electrons. The number of hydrogen-bond donors (Lipinski definition) is 1. The number of rotatable bonds is 7. The highest BCUT2D eigenvalue weighted by Gasteiger charge is 2.33. The van der Waals surface area contributed by atoms with Gasteiger partial charge in [0.05, 0.1) is 12.8 Å². The molecule has 1 atom stereocenters. The lowest BCUT2D eigenvalue weighted by Crippen LogP contribution is -2.58. The minimum absolute atomic E-state index is 0.0649. The van der Waals surface area contributed by atoms with E-state index in [0.717, 1.165) is 28.1 Å². The summed E-state index contributed by atoms with van der Waals surface area (Å²) >= 11 is 0. The lowest BCUT2D eigenvalue weighted by molar-refractivity contribution is -0.143. The van der Waals surface area contributed by atoms with Crippen molar-refractivity contribution in [2.24, 2.45) is 0 Å². The molecule has 0 aliphatic carbocycles. The maximum atomic E-state index is 13.1. The van der Waals surface area contributed by atoms with E-state index in [1.165, 1.54) is 0 Å². The summed E-state index contributed by atoms with van der Waals surface area (Å²) in [5.74, 6) is 0.767. The maximum absolute atomic E-state index is 13.1. The Balaban J connectivity index is 1.50. The van der Waals surface area contributed by atoms with Crippen molar-refractivity contribution in [2.45, 2.75) is 38.8 Å². The van der Waals surface area contributed by atoms with Gasteiger partial charge < -0.3 is 15.0 Å². The topological polar surface area (TPSA) is 89.4 Å². The van der Waals surface area contributed by atoms with Gasteiger partial charge in [0.25, 0.3) is 0 Å². The van der Waals surface area contributed by atoms with Gasteiger partial charge in [-0.2, -0.15) is 0 Å². The van der Waals surface area contributed by atoms with Crippen LogP contribution in [-0.4, -0.2) is 57.9 Å². The number of nitrogens with one attached hydrogen (secondary N) is 1. The average Bonchev–Trinajstić information content (AvgIpc) is 3.29. The van der Waals surface area contributed by atoms with Crippen LogP contribution in [0.3, 0.4) is 0 Å². The fourth-order valence-electron chi connectivity index (χ4n) is 3.99. The molecule has 3 aromatic rings. The molecule has 8 heteroatoms. The Labute approximate surface area is 193 Å². The van der Waals surface area contributed by atoms with E-state index in [1.54, 1.807) is 22.9 Å². The molecule has 2 amide bonds. The van der Waals surface area contributed by atoms with Gasteiger partial charge >= 0.3 is 0 Å². The van der Waals surface area contributed by atoms with E-state index in [4.69, 9.17) is 4.74 Å². The Morgan fingerprint density at radius 3 is 2.67 bits per heavy atom. The van der Waals surface area contributed by atoms with Crippen molar-refractivity contribution in [1.82, 2.24) is 25.2 Å². The Kier molecular flexibility index (Phi) is 6.72. The average molecular weight is 448 g/mol. The summed E-state index contributed by atoms with van der Waals surface area (Å²) in [6.45, 7) is 5.04. The van der Waals surface area contributed by atoms with Crippen LogP contribution in [0.15, 0.2) is 54.7 Å². The van der Waals surface area contributed by atoms with Crippen LogP contribution in [0.1, 0.15) is 31.0 Å². The molecule has 172 valence electrons. The second-order valence-electron chi connectivity index (χ2n) is 8.52. The van der Waals surface area contributed by atoms with E-state index in [2.05, 4.69) is 21.7 Å². The third kappa shape index (κ3) is 5.22. The molecule has 0 bridgehead atoms. The smallest absolute Gasteiger partial charge is 0.245 e. The standard InChI is InChI=1S/C25H29N5O3/c1-17(2)22-15-29(28-27-22)16-24(31)30-12-11-26-25(32)23(30)14-18-5-4-6-20(13-18)19-7-9-21(33-3)10-8-19/h4-10,13,15,17,23H,11-12,14,16H2,1-3H3,(H,26,32)/t23-/m0/s1. The van der Waals surface area contributed by atoms with Gasteiger partial charge in [-0.1, -0.05) is 55.5 Å². The molecule has 2 heterocycles. The zero-order valence-corrected chi connectivity index (χ0v) is 19.2. The first-order valence-corrected chi connectivity index (χ1v) is 11.1. The van der Waals surface area contributed by atoms with Crippen LogP contribution in [0.5, 0.6) is 5.75 Å². The number of nitrogens with zero attached hydrogens (tertiary/aromatic N) is 4. The van der Waals surface area contributed by atoms with Crippen molar-refractivity contribution >= 4 is 11.8 Å². The van der Waals surface area contributed by atoms with Crippen LogP contribution in [0.2, 0.25) is 0 Å². The lowest BCUT2D eigenvalue weighted by atomic mass is 9.97. The minimum atomic E-state index is -0.564. The van der Waals surface area contributed by atoms with Crippen molar-refractivity contribution in [2.75, 3.05) is 20.2 Å². The maximum Gasteiger partial charge on any atom is 0.245 e. The molecular weight excluding hydrogens is 418 g/mol. The van der Waals surface area contributed by atoms with Gasteiger partial charge in [0.15, 0.2) is 0 Å². The predicted octanol–water partition coefficient (Wildman–Crippen LogP) is 2.65. The highest BCUT2D eigenvalue weighted by Crippen LogP contribution is 2.24. The number of methoxy groups -OCH3 is 1. The Morgan fingerprint density at radius 2 is 1.97 bits per heavy atom. The molecule has 2 aromatic carbocycles. The Morgan fingerprint density at radius 1 is 1.18 bits per heavy atom. The van der Waals surface area contributed by atoms with Gasteiger partial charge in [-0.15, -0.1) is 5.10 Å². The molecule has 4 rings (SSSR count). The number of hydrogen-bond acceptors (Lipinski definition) is 5. The number of carbonyl (C=O) groups is 2. The minimum Gasteiger partial charge on any atom is -0.497 e. The molecule has 0 unspecified atom stereocenters. The van der Waals surface area contributed by atoms with Crippen molar-refractivity contribution in [1.29, 1.82) is 0 Å². The summed E-state index contributed by atoms with van der Waals surface area (Å²) in [7, 11) is 1.64. The normalized spacial score (nSPS) is 16.1. The van der Waals surface area contributed by atoms with Crippen LogP contribution < -0.4 is 10.1 Å². The SMILES string of the molecule is COc1ccc(-c2cccc(C[C@H]3C(=O)NCCN3C(=O)Cn3cc(C(C)C)nn3)c2)cc1. The summed E-state index contributed by atoms with van der Waals surface area (Å²) < 4.78 is 6.79. The van der Waals surface area contributed by atoms with Crippen molar-refractivity contribution in [3.8, 4) is 16.9 Å². The first-order chi connectivity index (χ1) is 15.9. The first-order valence-electron chi connectivity index (χ1n) is 11.1. The van der Waals surface area contributed by atoms with Crippen molar-refractivity contribution in [3.05, 3.63) is 66.0 Å². The molecule has 1 aliphatic heterocycles. The van der Waals surface area contributed by atoms with E-state index >= 15 is 0 Å². The van der Waals surface area contributed by atoms with Crippen molar-refractivity contribution < 1.29 is 14.3 Å². The van der Waals surface area contributed by atoms with E-state index in [9.17, 15) is 9.59 Å². The lowest BCUT2D eigenvalue weighted by Gasteiger charge is -2.35. The van der Waals surface area contributed by atoms with E-state index in [0.29, 0.717) is 19.5 Å². The molecule has 1 aromatic heterocycles. The van der Waals surface area contributed by atoms with Crippen LogP contribution in [0.25, 0.3) is 11.1 Å². The number of piperazine rings is 1. The molecule has 1 N–H and O–H groups in total. The second-order valence-corrected chi connectivity index (χ2v) is 8.52. The van der Waals surface area contributed by atoms with Gasteiger partial charge in [0, 0.05) is 25.7 Å². The molecule has 8 nitrogen and oxygen atoms in total. The van der Waals surface area contributed by atoms with Crippen LogP contribution in [0, 0.1) is 0 Å². The van der Waals surface area contributed by atoms with Crippen LogP contribution in [0.4, 0.5) is 0 Å². The Bertz CT molecular complexity index is 1120. The van der Waals surface area contributed by atoms with Gasteiger partial charge in [0.2, 0.25) is 11.8 Å². The summed E-state index contributed by atoms with van der Waals surface area (Å²) in [4.78, 5) is 27.5. The number of amides is 2. The summed E-state index contributed by atoms with van der Waals surface area (Å²) in [5.41, 5.74) is 3.94. The zero-order chi connectivity index (χ0) is 23.4. The molecule has 1 saturated heterocycles. The number of ether oxygens (including phenoxy) is 1. The highest BCUT2D eigenvalue weighted by atomic mass is 16.5. The quantitative estimate of drug-likeness (QED) is 0.602. The number of benzene rings is 2. The van der Waals surface area contributed by atoms with E-state index in [-0.39, 0.29) is 24.3 Å². The number of carbonyl (C=O) groups excluding carboxylic acids is 2. The van der Waals surface area contributed by atoms with Crippen molar-refractivity contribution in [3.63, 3.8) is 0 Å². The third-order valence-electron chi connectivity index (χ3n) is 5.88. The summed E-state index contributed by atoms with van der Waals surface area (Å²) in [6, 6.07) is 15.4. The van der Waals surface area contributed by atoms with E-state index in [1.807, 2.05) is 56.3 Å². The highest BCUT2D eigenvalue weighted by molar-refractivity contribution is 5.89. The van der Waals surface area contributed by atoms with Crippen LogP contribution >= 0.6 is 0 Å². The van der Waals surface area contributed by atoms with Gasteiger partial charge in [-0.3, -0.25) is 9.59 Å². The van der Waals surface area contributed by atoms with Gasteiger partial charge in [0.1, 0.15) is 18.3 Å². The fraction of sp³-hybridized carbons (Fsp3) is 0.360. The van der Waals surface area contributed by atoms with E-state index < -0.39 is 6.04 Å². The molecular formula is C25H29N5O3. The first kappa shape index (κ1) is 22.5. The molecule has 0 saturated carbocycles. The molecule has 1 aliphatic rings. The second kappa shape index (κ2) is 9.85. The summed E-state index contributed by atoms with van der Waals surface area (Å²) in [6.07, 6.45) is 2.23. The van der Waals surface area contributed by atoms with Gasteiger partial charge in [-0.05, 0) is 34.7 Å². The Hall–Kier alpha value is -3.68. The third-order valence-corrected chi connectivity index (χ3v) is 5.88. The largest absolute Gasteiger partial charge is 0.497 e. The van der Waals surface area contributed by atoms with Crippen LogP contribution in [-0.2, 0) is 22.6 Å². The fourth-order valence-corrected chi connectivity index (χ4v) is 3.99. The summed E-state index contributed by atoms with van der Waals surface area (Å²) in [5, 5.41) is 11.1. The monoisotopic (exact) mass is 447 g/mol. The molecule has 0 spiro atoms. The zero-order valence-electron chi connectivity index (χ0n) is 19.2. The predicted molar refractivity (Wildman–Crippen MR) is 125 cm³/mol. The van der Waals surface area contributed by atoms with Gasteiger partial charge in [-0.25, -0.2) is 4.68 Å². The molecule has 1 fully saturated rings. The molecule has 33 heavy (non-hydrogen) atoms.